The summed E-state index contributed by atoms with van der Waals surface area (Å²) >= 11 is 4.37. The number of likely N-dealkylation sites (N-methyl/N-ethyl adjacent to an activating group) is 1. The van der Waals surface area contributed by atoms with Crippen molar-refractivity contribution in [3.8, 4) is 0 Å². The maximum Gasteiger partial charge on any atom is 0.223 e. The van der Waals surface area contributed by atoms with Gasteiger partial charge in [0.25, 0.3) is 0 Å². The predicted molar refractivity (Wildman–Crippen MR) is 73.4 cm³/mol. The summed E-state index contributed by atoms with van der Waals surface area (Å²) in [6.45, 7) is 1.86. The van der Waals surface area contributed by atoms with E-state index in [-0.39, 0.29) is 5.41 Å². The average Bonchev–Trinajstić information content (AvgIpc) is 3.09. The molecule has 0 spiro atoms. The van der Waals surface area contributed by atoms with Gasteiger partial charge in [-0.15, -0.1) is 0 Å². The molecule has 2 aliphatic rings. The van der Waals surface area contributed by atoms with Crippen molar-refractivity contribution in [2.75, 3.05) is 32.9 Å². The third-order valence-corrected chi connectivity index (χ3v) is 4.97. The maximum absolute atomic E-state index is 12.3. The Morgan fingerprint density at radius 3 is 2.71 bits per heavy atom. The highest BCUT2D eigenvalue weighted by Crippen LogP contribution is 2.49. The number of nitrogens with zero attached hydrogens (tertiary/aromatic N) is 2. The van der Waals surface area contributed by atoms with E-state index in [2.05, 4.69) is 36.5 Å². The van der Waals surface area contributed by atoms with Crippen molar-refractivity contribution in [3.63, 3.8) is 0 Å². The van der Waals surface area contributed by atoms with Crippen LogP contribution in [0.2, 0.25) is 0 Å². The van der Waals surface area contributed by atoms with Gasteiger partial charge in [-0.2, -0.15) is 12.6 Å². The maximum atomic E-state index is 12.3. The van der Waals surface area contributed by atoms with Crippen LogP contribution >= 0.6 is 12.6 Å². The number of carbonyl (C=O) groups excluding carboxylic acids is 1. The first-order valence-corrected chi connectivity index (χ1v) is 7.25. The minimum absolute atomic E-state index is 0.255. The van der Waals surface area contributed by atoms with E-state index in [1.54, 1.807) is 0 Å². The van der Waals surface area contributed by atoms with Crippen molar-refractivity contribution in [2.45, 2.75) is 38.1 Å². The first-order chi connectivity index (χ1) is 8.06. The van der Waals surface area contributed by atoms with Gasteiger partial charge in [0.15, 0.2) is 0 Å². The van der Waals surface area contributed by atoms with Gasteiger partial charge in [0.2, 0.25) is 5.91 Å². The van der Waals surface area contributed by atoms with E-state index >= 15 is 0 Å². The van der Waals surface area contributed by atoms with Crippen molar-refractivity contribution in [3.05, 3.63) is 0 Å². The predicted octanol–water partition coefficient (Wildman–Crippen LogP) is 1.64. The zero-order valence-electron chi connectivity index (χ0n) is 11.0. The third kappa shape index (κ3) is 3.16. The minimum atomic E-state index is 0.255. The normalized spacial score (nSPS) is 27.3. The van der Waals surface area contributed by atoms with Crippen LogP contribution < -0.4 is 0 Å². The lowest BCUT2D eigenvalue weighted by Crippen LogP contribution is -2.48. The highest BCUT2D eigenvalue weighted by molar-refractivity contribution is 7.80. The van der Waals surface area contributed by atoms with Crippen molar-refractivity contribution in [2.24, 2.45) is 5.41 Å². The highest BCUT2D eigenvalue weighted by Gasteiger charge is 2.44. The smallest absolute Gasteiger partial charge is 0.223 e. The molecule has 1 unspecified atom stereocenters. The van der Waals surface area contributed by atoms with E-state index in [9.17, 15) is 4.79 Å². The van der Waals surface area contributed by atoms with Crippen LogP contribution in [0.1, 0.15) is 32.1 Å². The van der Waals surface area contributed by atoms with E-state index in [4.69, 9.17) is 0 Å². The summed E-state index contributed by atoms with van der Waals surface area (Å²) < 4.78 is 0. The highest BCUT2D eigenvalue weighted by atomic mass is 32.1. The summed E-state index contributed by atoms with van der Waals surface area (Å²) in [6.07, 6.45) is 5.45. The van der Waals surface area contributed by atoms with Gasteiger partial charge in [0.1, 0.15) is 0 Å². The lowest BCUT2D eigenvalue weighted by molar-refractivity contribution is -0.134. The van der Waals surface area contributed by atoms with E-state index in [1.807, 2.05) is 0 Å². The summed E-state index contributed by atoms with van der Waals surface area (Å²) in [4.78, 5) is 16.6. The molecule has 1 atom stereocenters. The molecule has 17 heavy (non-hydrogen) atoms. The van der Waals surface area contributed by atoms with Gasteiger partial charge in [-0.3, -0.25) is 4.79 Å². The largest absolute Gasteiger partial charge is 0.341 e. The second-order valence-electron chi connectivity index (χ2n) is 5.93. The number of amides is 1. The van der Waals surface area contributed by atoms with Gasteiger partial charge in [-0.05, 0) is 50.9 Å². The Labute approximate surface area is 110 Å². The number of piperidine rings is 1. The van der Waals surface area contributed by atoms with Crippen molar-refractivity contribution >= 4 is 18.5 Å². The zero-order valence-corrected chi connectivity index (χ0v) is 11.9. The molecule has 0 radical (unpaired) electrons. The van der Waals surface area contributed by atoms with E-state index in [0.717, 1.165) is 31.7 Å². The molecular weight excluding hydrogens is 232 g/mol. The zero-order chi connectivity index (χ0) is 12.5. The molecule has 1 saturated heterocycles. The summed E-state index contributed by atoms with van der Waals surface area (Å²) in [6, 6.07) is 0.541. The van der Waals surface area contributed by atoms with Crippen LogP contribution in [0.3, 0.4) is 0 Å². The molecule has 0 aromatic rings. The summed E-state index contributed by atoms with van der Waals surface area (Å²) in [5.74, 6) is 1.21. The molecule has 1 saturated carbocycles. The Kier molecular flexibility index (Phi) is 4.03. The molecule has 98 valence electrons. The number of hydrogen-bond acceptors (Lipinski definition) is 3. The molecule has 1 aliphatic heterocycles. The standard InChI is InChI=1S/C13H24N2OS/c1-14(2)11-4-3-7-15(9-11)12(16)8-13(10-17)5-6-13/h11,17H,3-10H2,1-2H3. The lowest BCUT2D eigenvalue weighted by Gasteiger charge is -2.36. The average molecular weight is 256 g/mol. The van der Waals surface area contributed by atoms with Gasteiger partial charge >= 0.3 is 0 Å². The van der Waals surface area contributed by atoms with E-state index in [1.165, 1.54) is 19.3 Å². The van der Waals surface area contributed by atoms with Crippen LogP contribution in [-0.2, 0) is 4.79 Å². The fraction of sp³-hybridized carbons (Fsp3) is 0.923. The fourth-order valence-corrected chi connectivity index (χ4v) is 3.03. The molecule has 2 rings (SSSR count). The first kappa shape index (κ1) is 13.2. The van der Waals surface area contributed by atoms with Crippen LogP contribution in [0.15, 0.2) is 0 Å². The summed E-state index contributed by atoms with van der Waals surface area (Å²) in [7, 11) is 4.21. The summed E-state index contributed by atoms with van der Waals surface area (Å²) in [5, 5.41) is 0. The molecular formula is C13H24N2OS. The topological polar surface area (TPSA) is 23.6 Å². The number of carbonyl (C=O) groups is 1. The van der Waals surface area contributed by atoms with Crippen molar-refractivity contribution in [1.82, 2.24) is 9.80 Å². The lowest BCUT2D eigenvalue weighted by atomic mass is 10.0. The Morgan fingerprint density at radius 2 is 2.18 bits per heavy atom. The third-order valence-electron chi connectivity index (χ3n) is 4.30. The second kappa shape index (κ2) is 5.19. The molecule has 4 heteroatoms. The van der Waals surface area contributed by atoms with E-state index in [0.29, 0.717) is 11.9 Å². The molecule has 2 fully saturated rings. The van der Waals surface area contributed by atoms with Crippen molar-refractivity contribution in [1.29, 1.82) is 0 Å². The molecule has 1 aliphatic carbocycles. The van der Waals surface area contributed by atoms with Gasteiger partial charge in [0.05, 0.1) is 0 Å². The summed E-state index contributed by atoms with van der Waals surface area (Å²) in [5.41, 5.74) is 0.255. The molecule has 3 nitrogen and oxygen atoms in total. The van der Waals surface area contributed by atoms with Crippen LogP contribution in [0.4, 0.5) is 0 Å². The van der Waals surface area contributed by atoms with Crippen LogP contribution in [-0.4, -0.2) is 54.7 Å². The molecule has 0 aromatic heterocycles. The molecule has 0 bridgehead atoms. The number of rotatable bonds is 4. The minimum Gasteiger partial charge on any atom is -0.341 e. The van der Waals surface area contributed by atoms with Gasteiger partial charge in [0, 0.05) is 25.6 Å². The van der Waals surface area contributed by atoms with Crippen LogP contribution in [0.25, 0.3) is 0 Å². The SMILES string of the molecule is CN(C)C1CCCN(C(=O)CC2(CS)CC2)C1. The monoisotopic (exact) mass is 256 g/mol. The molecule has 0 N–H and O–H groups in total. The molecule has 0 aromatic carbocycles. The quantitative estimate of drug-likeness (QED) is 0.773. The van der Waals surface area contributed by atoms with E-state index < -0.39 is 0 Å². The van der Waals surface area contributed by atoms with Crippen LogP contribution in [0, 0.1) is 5.41 Å². The Balaban J connectivity index is 1.86. The first-order valence-electron chi connectivity index (χ1n) is 6.61. The molecule has 1 amide bonds. The van der Waals surface area contributed by atoms with Crippen molar-refractivity contribution < 1.29 is 4.79 Å². The number of thiol groups is 1. The second-order valence-corrected chi connectivity index (χ2v) is 6.25. The number of likely N-dealkylation sites (tertiary alicyclic amines) is 1. The van der Waals surface area contributed by atoms with Gasteiger partial charge < -0.3 is 9.80 Å². The Hall–Kier alpha value is -0.220. The number of hydrogen-bond donors (Lipinski definition) is 1. The van der Waals surface area contributed by atoms with Gasteiger partial charge in [-0.25, -0.2) is 0 Å². The van der Waals surface area contributed by atoms with Crippen LogP contribution in [0.5, 0.6) is 0 Å². The fourth-order valence-electron chi connectivity index (χ4n) is 2.60. The van der Waals surface area contributed by atoms with Gasteiger partial charge in [-0.1, -0.05) is 0 Å². The molecule has 1 heterocycles. The Morgan fingerprint density at radius 1 is 1.47 bits per heavy atom. The Bertz CT molecular complexity index is 289.